The quantitative estimate of drug-likeness (QED) is 0.433. The van der Waals surface area contributed by atoms with Crippen LogP contribution in [0.3, 0.4) is 0 Å². The van der Waals surface area contributed by atoms with Gasteiger partial charge in [0.25, 0.3) is 0 Å². The number of benzene rings is 1. The van der Waals surface area contributed by atoms with E-state index in [9.17, 15) is 9.59 Å². The monoisotopic (exact) mass is 243 g/mol. The molecule has 1 rings (SSSR count). The van der Waals surface area contributed by atoms with Crippen LogP contribution in [-0.4, -0.2) is 11.7 Å². The van der Waals surface area contributed by atoms with E-state index in [1.54, 1.807) is 12.1 Å². The molecule has 0 aliphatic carbocycles. The van der Waals surface area contributed by atoms with Gasteiger partial charge in [-0.2, -0.15) is 0 Å². The molecule has 1 N–H and O–H groups in total. The van der Waals surface area contributed by atoms with E-state index in [0.29, 0.717) is 5.69 Å². The number of rotatable bonds is 3. The summed E-state index contributed by atoms with van der Waals surface area (Å²) in [6.45, 7) is 1.39. The fraction of sp³-hybridized carbons (Fsp3) is 0.200. The summed E-state index contributed by atoms with van der Waals surface area (Å²) in [6, 6.07) is 9.06. The molecule has 0 heterocycles. The third-order valence-corrected chi connectivity index (χ3v) is 1.47. The Labute approximate surface area is 99.5 Å². The Morgan fingerprint density at radius 3 is 2.20 bits per heavy atom. The van der Waals surface area contributed by atoms with Crippen LogP contribution < -0.4 is 5.32 Å². The molecule has 0 unspecified atom stereocenters. The molecule has 0 aliphatic heterocycles. The molecule has 1 aromatic carbocycles. The van der Waals surface area contributed by atoms with E-state index in [-0.39, 0.29) is 18.1 Å². The summed E-state index contributed by atoms with van der Waals surface area (Å²) in [5.74, 6) is -0.396. The minimum absolute atomic E-state index is 0.0606. The number of hydrogen-bond donors (Lipinski definition) is 3. The number of thiol groups is 2. The molecule has 1 amide bonds. The van der Waals surface area contributed by atoms with E-state index in [2.05, 4.69) is 28.6 Å². The molecule has 0 spiro atoms. The second kappa shape index (κ2) is 8.38. The lowest BCUT2D eigenvalue weighted by Crippen LogP contribution is -2.14. The molecule has 0 aliphatic rings. The zero-order valence-electron chi connectivity index (χ0n) is 8.30. The van der Waals surface area contributed by atoms with Crippen molar-refractivity contribution in [1.82, 2.24) is 0 Å². The van der Waals surface area contributed by atoms with Crippen molar-refractivity contribution in [1.29, 1.82) is 0 Å². The summed E-state index contributed by atoms with van der Waals surface area (Å²) >= 11 is 6.44. The zero-order chi connectivity index (χ0) is 11.7. The Morgan fingerprint density at radius 2 is 1.73 bits per heavy atom. The average Bonchev–Trinajstić information content (AvgIpc) is 2.21. The van der Waals surface area contributed by atoms with Gasteiger partial charge in [0.15, 0.2) is 0 Å². The SMILES string of the molecule is CC(=O)CC(=O)Nc1ccccc1.SS. The predicted molar refractivity (Wildman–Crippen MR) is 68.3 cm³/mol. The first-order valence-corrected chi connectivity index (χ1v) is 5.83. The number of carbonyl (C=O) groups excluding carboxylic acids is 2. The van der Waals surface area contributed by atoms with Crippen molar-refractivity contribution >= 4 is 40.7 Å². The van der Waals surface area contributed by atoms with E-state index in [1.165, 1.54) is 6.92 Å². The normalized spacial score (nSPS) is 8.47. The van der Waals surface area contributed by atoms with Crippen molar-refractivity contribution < 1.29 is 9.59 Å². The number of carbonyl (C=O) groups is 2. The summed E-state index contributed by atoms with van der Waals surface area (Å²) in [5, 5.41) is 2.61. The summed E-state index contributed by atoms with van der Waals surface area (Å²) in [4.78, 5) is 21.7. The van der Waals surface area contributed by atoms with E-state index in [1.807, 2.05) is 18.2 Å². The molecule has 0 saturated heterocycles. The third-order valence-electron chi connectivity index (χ3n) is 1.47. The van der Waals surface area contributed by atoms with Gasteiger partial charge in [-0.1, -0.05) is 18.2 Å². The second-order valence-electron chi connectivity index (χ2n) is 2.79. The van der Waals surface area contributed by atoms with Crippen LogP contribution in [0.25, 0.3) is 0 Å². The largest absolute Gasteiger partial charge is 0.326 e. The summed E-state index contributed by atoms with van der Waals surface area (Å²) < 4.78 is 0. The lowest BCUT2D eigenvalue weighted by atomic mass is 10.2. The molecule has 0 radical (unpaired) electrons. The molecule has 0 saturated carbocycles. The maximum Gasteiger partial charge on any atom is 0.231 e. The van der Waals surface area contributed by atoms with Crippen molar-refractivity contribution in [2.45, 2.75) is 13.3 Å². The second-order valence-corrected chi connectivity index (χ2v) is 2.79. The highest BCUT2D eigenvalue weighted by Gasteiger charge is 2.04. The van der Waals surface area contributed by atoms with Crippen LogP contribution in [0.5, 0.6) is 0 Å². The number of ketones is 1. The average molecular weight is 243 g/mol. The summed E-state index contributed by atoms with van der Waals surface area (Å²) in [5.41, 5.74) is 0.716. The van der Waals surface area contributed by atoms with E-state index >= 15 is 0 Å². The highest BCUT2D eigenvalue weighted by Crippen LogP contribution is 2.05. The van der Waals surface area contributed by atoms with Crippen molar-refractivity contribution in [3.63, 3.8) is 0 Å². The Bertz CT molecular complexity index is 314. The van der Waals surface area contributed by atoms with Crippen LogP contribution in [-0.2, 0) is 9.59 Å². The van der Waals surface area contributed by atoms with Crippen LogP contribution in [0.1, 0.15) is 13.3 Å². The van der Waals surface area contributed by atoms with Gasteiger partial charge >= 0.3 is 0 Å². The van der Waals surface area contributed by atoms with Crippen molar-refractivity contribution in [2.24, 2.45) is 0 Å². The molecule has 82 valence electrons. The van der Waals surface area contributed by atoms with Crippen LogP contribution in [0.15, 0.2) is 30.3 Å². The van der Waals surface area contributed by atoms with E-state index in [4.69, 9.17) is 0 Å². The zero-order valence-corrected chi connectivity index (χ0v) is 10.1. The molecule has 0 atom stereocenters. The molecule has 3 nitrogen and oxygen atoms in total. The molecule has 1 aromatic rings. The first-order valence-electron chi connectivity index (χ1n) is 4.23. The van der Waals surface area contributed by atoms with Gasteiger partial charge in [-0.3, -0.25) is 9.59 Å². The van der Waals surface area contributed by atoms with Crippen LogP contribution in [0.2, 0.25) is 0 Å². The highest BCUT2D eigenvalue weighted by atomic mass is 33.1. The highest BCUT2D eigenvalue weighted by molar-refractivity contribution is 8.59. The Kier molecular flexibility index (Phi) is 7.85. The van der Waals surface area contributed by atoms with Crippen molar-refractivity contribution in [3.05, 3.63) is 30.3 Å². The Morgan fingerprint density at radius 1 is 1.20 bits per heavy atom. The number of Topliss-reactive ketones (excluding diaryl/α,β-unsaturated/α-hetero) is 1. The Balaban J connectivity index is 0.000000921. The fourth-order valence-electron chi connectivity index (χ4n) is 0.953. The van der Waals surface area contributed by atoms with Gasteiger partial charge in [0.05, 0.1) is 6.42 Å². The summed E-state index contributed by atoms with van der Waals surface area (Å²) in [6.07, 6.45) is -0.0606. The van der Waals surface area contributed by atoms with Gasteiger partial charge in [-0.25, -0.2) is 0 Å². The topological polar surface area (TPSA) is 46.2 Å². The van der Waals surface area contributed by atoms with Gasteiger partial charge in [0.2, 0.25) is 5.91 Å². The van der Waals surface area contributed by atoms with Crippen LogP contribution in [0, 0.1) is 0 Å². The van der Waals surface area contributed by atoms with E-state index < -0.39 is 0 Å². The molecular formula is C10H13NO2S2. The smallest absolute Gasteiger partial charge is 0.231 e. The minimum Gasteiger partial charge on any atom is -0.326 e. The van der Waals surface area contributed by atoms with Crippen LogP contribution in [0.4, 0.5) is 5.69 Å². The Hall–Kier alpha value is -0.940. The van der Waals surface area contributed by atoms with Gasteiger partial charge in [0, 0.05) is 5.69 Å². The lowest BCUT2D eigenvalue weighted by Gasteiger charge is -2.01. The maximum atomic E-state index is 11.1. The van der Waals surface area contributed by atoms with Gasteiger partial charge in [0.1, 0.15) is 5.78 Å². The number of amides is 1. The maximum absolute atomic E-state index is 11.1. The molecule has 0 aromatic heterocycles. The minimum atomic E-state index is -0.265. The summed E-state index contributed by atoms with van der Waals surface area (Å²) in [7, 11) is 0. The van der Waals surface area contributed by atoms with E-state index in [0.717, 1.165) is 0 Å². The first kappa shape index (κ1) is 14.1. The first-order chi connectivity index (χ1) is 7.18. The fourth-order valence-corrected chi connectivity index (χ4v) is 0.953. The number of para-hydroxylation sites is 1. The molecule has 0 fully saturated rings. The lowest BCUT2D eigenvalue weighted by molar-refractivity contribution is -0.124. The molecular weight excluding hydrogens is 230 g/mol. The van der Waals surface area contributed by atoms with Gasteiger partial charge in [-0.15, -0.1) is 23.3 Å². The molecule has 5 heteroatoms. The number of anilines is 1. The third kappa shape index (κ3) is 7.04. The predicted octanol–water partition coefficient (Wildman–Crippen LogP) is 2.37. The van der Waals surface area contributed by atoms with Crippen molar-refractivity contribution in [3.8, 4) is 0 Å². The standard InChI is InChI=1S/C10H11NO2.H2S2/c1-8(12)7-10(13)11-9-5-3-2-4-6-9;1-2/h2-6H,7H2,1H3,(H,11,13);1-2H. The number of hydrogen-bond acceptors (Lipinski definition) is 4. The molecule has 15 heavy (non-hydrogen) atoms. The number of nitrogens with one attached hydrogen (secondary N) is 1. The molecule has 0 bridgehead atoms. The van der Waals surface area contributed by atoms with Gasteiger partial charge < -0.3 is 5.32 Å². The van der Waals surface area contributed by atoms with Gasteiger partial charge in [-0.05, 0) is 19.1 Å². The van der Waals surface area contributed by atoms with Crippen molar-refractivity contribution in [2.75, 3.05) is 5.32 Å². The van der Waals surface area contributed by atoms with Crippen LogP contribution >= 0.6 is 23.3 Å².